The van der Waals surface area contributed by atoms with Gasteiger partial charge in [0, 0.05) is 0 Å². The molecule has 0 aromatic heterocycles. The van der Waals surface area contributed by atoms with Crippen LogP contribution in [-0.4, -0.2) is 17.2 Å². The summed E-state index contributed by atoms with van der Waals surface area (Å²) in [5.41, 5.74) is 1.57. The standard InChI is InChI=1S/C12H16O3/c1-8(2)15-12(14)11(13)10-6-4-5-9(3)7-10/h4-8,11,13H,1-3H3/t11-/m0/s1. The van der Waals surface area contributed by atoms with Crippen LogP contribution in [0.1, 0.15) is 31.1 Å². The molecular formula is C12H16O3. The number of hydrogen-bond donors (Lipinski definition) is 1. The number of rotatable bonds is 3. The van der Waals surface area contributed by atoms with E-state index in [0.29, 0.717) is 5.56 Å². The highest BCUT2D eigenvalue weighted by molar-refractivity contribution is 5.76. The van der Waals surface area contributed by atoms with Gasteiger partial charge in [0.2, 0.25) is 0 Å². The molecule has 82 valence electrons. The fourth-order valence-electron chi connectivity index (χ4n) is 1.27. The Morgan fingerprint density at radius 1 is 1.40 bits per heavy atom. The van der Waals surface area contributed by atoms with Crippen LogP contribution in [0.4, 0.5) is 0 Å². The molecule has 1 N–H and O–H groups in total. The Kier molecular flexibility index (Phi) is 3.86. The molecule has 1 aromatic rings. The minimum atomic E-state index is -1.19. The Bertz CT molecular complexity index is 344. The summed E-state index contributed by atoms with van der Waals surface area (Å²) in [5.74, 6) is -0.601. The van der Waals surface area contributed by atoms with E-state index < -0.39 is 12.1 Å². The van der Waals surface area contributed by atoms with Crippen LogP contribution >= 0.6 is 0 Å². The second kappa shape index (κ2) is 4.94. The molecule has 1 atom stereocenters. The average molecular weight is 208 g/mol. The minimum absolute atomic E-state index is 0.211. The van der Waals surface area contributed by atoms with E-state index in [0.717, 1.165) is 5.56 Å². The zero-order valence-electron chi connectivity index (χ0n) is 9.23. The van der Waals surface area contributed by atoms with E-state index in [2.05, 4.69) is 0 Å². The number of esters is 1. The van der Waals surface area contributed by atoms with Crippen molar-refractivity contribution in [2.75, 3.05) is 0 Å². The van der Waals surface area contributed by atoms with E-state index in [9.17, 15) is 9.90 Å². The Morgan fingerprint density at radius 2 is 2.07 bits per heavy atom. The average Bonchev–Trinajstić information content (AvgIpc) is 2.15. The molecule has 3 heteroatoms. The molecule has 0 aliphatic carbocycles. The number of carbonyl (C=O) groups excluding carboxylic acids is 1. The van der Waals surface area contributed by atoms with Crippen molar-refractivity contribution >= 4 is 5.97 Å². The van der Waals surface area contributed by atoms with Gasteiger partial charge in [0.15, 0.2) is 6.10 Å². The van der Waals surface area contributed by atoms with Gasteiger partial charge < -0.3 is 9.84 Å². The first-order valence-electron chi connectivity index (χ1n) is 4.96. The predicted octanol–water partition coefficient (Wildman–Crippen LogP) is 1.98. The fourth-order valence-corrected chi connectivity index (χ4v) is 1.27. The lowest BCUT2D eigenvalue weighted by Crippen LogP contribution is -2.19. The first-order chi connectivity index (χ1) is 7.00. The molecule has 0 aliphatic rings. The van der Waals surface area contributed by atoms with Crippen molar-refractivity contribution in [3.8, 4) is 0 Å². The second-order valence-corrected chi connectivity index (χ2v) is 3.80. The van der Waals surface area contributed by atoms with Crippen LogP contribution in [0.5, 0.6) is 0 Å². The van der Waals surface area contributed by atoms with Crippen molar-refractivity contribution in [1.82, 2.24) is 0 Å². The Hall–Kier alpha value is -1.35. The summed E-state index contributed by atoms with van der Waals surface area (Å²) in [6.07, 6.45) is -1.40. The highest BCUT2D eigenvalue weighted by Gasteiger charge is 2.19. The third-order valence-corrected chi connectivity index (χ3v) is 1.93. The molecular weight excluding hydrogens is 192 g/mol. The van der Waals surface area contributed by atoms with Crippen LogP contribution in [0.3, 0.4) is 0 Å². The van der Waals surface area contributed by atoms with Crippen LogP contribution in [-0.2, 0) is 9.53 Å². The first-order valence-corrected chi connectivity index (χ1v) is 4.96. The molecule has 0 unspecified atom stereocenters. The van der Waals surface area contributed by atoms with Crippen molar-refractivity contribution in [1.29, 1.82) is 0 Å². The number of aliphatic hydroxyl groups excluding tert-OH is 1. The van der Waals surface area contributed by atoms with Gasteiger partial charge in [-0.05, 0) is 26.3 Å². The predicted molar refractivity (Wildman–Crippen MR) is 57.4 cm³/mol. The van der Waals surface area contributed by atoms with Crippen LogP contribution in [0, 0.1) is 6.92 Å². The van der Waals surface area contributed by atoms with Gasteiger partial charge in [-0.3, -0.25) is 0 Å². The Labute approximate surface area is 89.7 Å². The second-order valence-electron chi connectivity index (χ2n) is 3.80. The summed E-state index contributed by atoms with van der Waals surface area (Å²) < 4.78 is 4.92. The lowest BCUT2D eigenvalue weighted by molar-refractivity contribution is -0.157. The number of carbonyl (C=O) groups is 1. The van der Waals surface area contributed by atoms with Crippen LogP contribution < -0.4 is 0 Å². The molecule has 1 aromatic carbocycles. The molecule has 0 radical (unpaired) electrons. The van der Waals surface area contributed by atoms with E-state index >= 15 is 0 Å². The van der Waals surface area contributed by atoms with Crippen molar-refractivity contribution in [3.05, 3.63) is 35.4 Å². The third-order valence-electron chi connectivity index (χ3n) is 1.93. The highest BCUT2D eigenvalue weighted by Crippen LogP contribution is 2.16. The highest BCUT2D eigenvalue weighted by atomic mass is 16.6. The van der Waals surface area contributed by atoms with E-state index in [1.165, 1.54) is 0 Å². The first kappa shape index (κ1) is 11.7. The summed E-state index contributed by atoms with van der Waals surface area (Å²) in [7, 11) is 0. The zero-order chi connectivity index (χ0) is 11.4. The summed E-state index contributed by atoms with van der Waals surface area (Å²) in [6.45, 7) is 5.41. The number of aryl methyl sites for hydroxylation is 1. The lowest BCUT2D eigenvalue weighted by Gasteiger charge is -2.13. The Morgan fingerprint density at radius 3 is 2.60 bits per heavy atom. The molecule has 3 nitrogen and oxygen atoms in total. The van der Waals surface area contributed by atoms with Gasteiger partial charge in [-0.1, -0.05) is 29.8 Å². The third kappa shape index (κ3) is 3.36. The van der Waals surface area contributed by atoms with Crippen LogP contribution in [0.15, 0.2) is 24.3 Å². The van der Waals surface area contributed by atoms with Gasteiger partial charge in [-0.15, -0.1) is 0 Å². The molecule has 0 fully saturated rings. The molecule has 0 saturated carbocycles. The van der Waals surface area contributed by atoms with Gasteiger partial charge in [0.05, 0.1) is 6.10 Å². The normalized spacial score (nSPS) is 12.6. The molecule has 0 bridgehead atoms. The summed E-state index contributed by atoms with van der Waals surface area (Å²) in [6, 6.07) is 7.19. The summed E-state index contributed by atoms with van der Waals surface area (Å²) in [4.78, 5) is 11.4. The summed E-state index contributed by atoms with van der Waals surface area (Å²) >= 11 is 0. The van der Waals surface area contributed by atoms with E-state index in [4.69, 9.17) is 4.74 Å². The SMILES string of the molecule is Cc1cccc([C@H](O)C(=O)OC(C)C)c1. The number of ether oxygens (including phenoxy) is 1. The number of aliphatic hydroxyl groups is 1. The maximum absolute atomic E-state index is 11.4. The maximum Gasteiger partial charge on any atom is 0.339 e. The lowest BCUT2D eigenvalue weighted by atomic mass is 10.1. The van der Waals surface area contributed by atoms with Crippen molar-refractivity contribution in [3.63, 3.8) is 0 Å². The van der Waals surface area contributed by atoms with Crippen molar-refractivity contribution in [2.24, 2.45) is 0 Å². The van der Waals surface area contributed by atoms with Crippen LogP contribution in [0.25, 0.3) is 0 Å². The van der Waals surface area contributed by atoms with Gasteiger partial charge in [-0.25, -0.2) is 4.79 Å². The summed E-state index contributed by atoms with van der Waals surface area (Å²) in [5, 5.41) is 9.69. The zero-order valence-corrected chi connectivity index (χ0v) is 9.23. The van der Waals surface area contributed by atoms with Crippen LogP contribution in [0.2, 0.25) is 0 Å². The van der Waals surface area contributed by atoms with Gasteiger partial charge in [0.25, 0.3) is 0 Å². The largest absolute Gasteiger partial charge is 0.461 e. The smallest absolute Gasteiger partial charge is 0.339 e. The quantitative estimate of drug-likeness (QED) is 0.772. The molecule has 1 rings (SSSR count). The topological polar surface area (TPSA) is 46.5 Å². The van der Waals surface area contributed by atoms with Gasteiger partial charge in [-0.2, -0.15) is 0 Å². The number of hydrogen-bond acceptors (Lipinski definition) is 3. The van der Waals surface area contributed by atoms with Crippen molar-refractivity contribution in [2.45, 2.75) is 33.0 Å². The molecule has 0 heterocycles. The van der Waals surface area contributed by atoms with E-state index in [1.807, 2.05) is 13.0 Å². The van der Waals surface area contributed by atoms with E-state index in [-0.39, 0.29) is 6.10 Å². The van der Waals surface area contributed by atoms with Gasteiger partial charge >= 0.3 is 5.97 Å². The molecule has 0 saturated heterocycles. The minimum Gasteiger partial charge on any atom is -0.461 e. The van der Waals surface area contributed by atoms with E-state index in [1.54, 1.807) is 32.0 Å². The van der Waals surface area contributed by atoms with Gasteiger partial charge in [0.1, 0.15) is 0 Å². The molecule has 15 heavy (non-hydrogen) atoms. The Balaban J connectivity index is 2.76. The fraction of sp³-hybridized carbons (Fsp3) is 0.417. The number of benzene rings is 1. The molecule has 0 aliphatic heterocycles. The molecule has 0 spiro atoms. The monoisotopic (exact) mass is 208 g/mol. The maximum atomic E-state index is 11.4. The molecule has 0 amide bonds. The van der Waals surface area contributed by atoms with Crippen molar-refractivity contribution < 1.29 is 14.6 Å².